The van der Waals surface area contributed by atoms with Crippen molar-refractivity contribution >= 4 is 5.69 Å². The van der Waals surface area contributed by atoms with Crippen LogP contribution in [0.4, 0.5) is 5.69 Å². The minimum absolute atomic E-state index is 0.571. The Kier molecular flexibility index (Phi) is 3.99. The normalized spacial score (nSPS) is 12.6. The zero-order valence-corrected chi connectivity index (χ0v) is 9.72. The largest absolute Gasteiger partial charge is 0.382 e. The standard InChI is InChI=1S/C13H21N/c1-5-6-12(4)14-13-8-7-10(2)9-11(13)3/h7-9,12,14H,5-6H2,1-4H3. The smallest absolute Gasteiger partial charge is 0.0372 e. The van der Waals surface area contributed by atoms with E-state index in [-0.39, 0.29) is 0 Å². The van der Waals surface area contributed by atoms with Crippen LogP contribution in [0.1, 0.15) is 37.8 Å². The highest BCUT2D eigenvalue weighted by Gasteiger charge is 2.02. The van der Waals surface area contributed by atoms with E-state index in [0.717, 1.165) is 0 Å². The Bertz CT molecular complexity index is 291. The third-order valence-electron chi connectivity index (χ3n) is 2.51. The van der Waals surface area contributed by atoms with Gasteiger partial charge in [0, 0.05) is 11.7 Å². The van der Waals surface area contributed by atoms with Crippen LogP contribution in [0.3, 0.4) is 0 Å². The molecule has 1 nitrogen and oxygen atoms in total. The summed E-state index contributed by atoms with van der Waals surface area (Å²) < 4.78 is 0. The van der Waals surface area contributed by atoms with Gasteiger partial charge in [0.15, 0.2) is 0 Å². The number of rotatable bonds is 4. The number of benzene rings is 1. The van der Waals surface area contributed by atoms with Crippen LogP contribution in [-0.2, 0) is 0 Å². The van der Waals surface area contributed by atoms with Crippen molar-refractivity contribution in [1.82, 2.24) is 0 Å². The first-order valence-electron chi connectivity index (χ1n) is 5.47. The van der Waals surface area contributed by atoms with Gasteiger partial charge in [-0.25, -0.2) is 0 Å². The van der Waals surface area contributed by atoms with Gasteiger partial charge in [0.1, 0.15) is 0 Å². The van der Waals surface area contributed by atoms with E-state index < -0.39 is 0 Å². The minimum atomic E-state index is 0.571. The molecular weight excluding hydrogens is 170 g/mol. The first-order chi connectivity index (χ1) is 6.63. The van der Waals surface area contributed by atoms with Gasteiger partial charge in [0.25, 0.3) is 0 Å². The Balaban J connectivity index is 2.67. The van der Waals surface area contributed by atoms with Crippen LogP contribution >= 0.6 is 0 Å². The summed E-state index contributed by atoms with van der Waals surface area (Å²) in [5.41, 5.74) is 3.95. The molecule has 0 heterocycles. The molecule has 1 heteroatoms. The first-order valence-corrected chi connectivity index (χ1v) is 5.47. The second-order valence-electron chi connectivity index (χ2n) is 4.15. The molecule has 1 N–H and O–H groups in total. The van der Waals surface area contributed by atoms with Crippen molar-refractivity contribution in [2.75, 3.05) is 5.32 Å². The van der Waals surface area contributed by atoms with Gasteiger partial charge in [0.2, 0.25) is 0 Å². The zero-order valence-electron chi connectivity index (χ0n) is 9.72. The van der Waals surface area contributed by atoms with E-state index in [1.807, 2.05) is 0 Å². The van der Waals surface area contributed by atoms with Crippen molar-refractivity contribution in [2.24, 2.45) is 0 Å². The van der Waals surface area contributed by atoms with Crippen molar-refractivity contribution in [2.45, 2.75) is 46.6 Å². The number of aryl methyl sites for hydroxylation is 2. The Hall–Kier alpha value is -0.980. The lowest BCUT2D eigenvalue weighted by atomic mass is 10.1. The summed E-state index contributed by atoms with van der Waals surface area (Å²) in [7, 11) is 0. The van der Waals surface area contributed by atoms with E-state index in [1.54, 1.807) is 0 Å². The summed E-state index contributed by atoms with van der Waals surface area (Å²) in [4.78, 5) is 0. The zero-order chi connectivity index (χ0) is 10.6. The van der Waals surface area contributed by atoms with Crippen LogP contribution in [0.5, 0.6) is 0 Å². The maximum atomic E-state index is 3.54. The van der Waals surface area contributed by atoms with Crippen molar-refractivity contribution < 1.29 is 0 Å². The molecule has 14 heavy (non-hydrogen) atoms. The van der Waals surface area contributed by atoms with Gasteiger partial charge < -0.3 is 5.32 Å². The van der Waals surface area contributed by atoms with Crippen molar-refractivity contribution in [3.05, 3.63) is 29.3 Å². The quantitative estimate of drug-likeness (QED) is 0.761. The Morgan fingerprint density at radius 3 is 2.57 bits per heavy atom. The molecule has 78 valence electrons. The van der Waals surface area contributed by atoms with E-state index >= 15 is 0 Å². The van der Waals surface area contributed by atoms with Crippen molar-refractivity contribution in [3.8, 4) is 0 Å². The SMILES string of the molecule is CCCC(C)Nc1ccc(C)cc1C. The Morgan fingerprint density at radius 1 is 1.29 bits per heavy atom. The predicted octanol–water partition coefficient (Wildman–Crippen LogP) is 3.90. The molecule has 0 bridgehead atoms. The van der Waals surface area contributed by atoms with Crippen LogP contribution < -0.4 is 5.32 Å². The summed E-state index contributed by atoms with van der Waals surface area (Å²) >= 11 is 0. The molecular formula is C13H21N. The molecule has 0 spiro atoms. The fourth-order valence-electron chi connectivity index (χ4n) is 1.75. The topological polar surface area (TPSA) is 12.0 Å². The summed E-state index contributed by atoms with van der Waals surface area (Å²) in [6.45, 7) is 8.75. The summed E-state index contributed by atoms with van der Waals surface area (Å²) in [5, 5.41) is 3.54. The van der Waals surface area contributed by atoms with Gasteiger partial charge in [-0.05, 0) is 38.8 Å². The lowest BCUT2D eigenvalue weighted by Crippen LogP contribution is -2.15. The van der Waals surface area contributed by atoms with E-state index in [4.69, 9.17) is 0 Å². The molecule has 0 aliphatic heterocycles. The molecule has 0 saturated heterocycles. The molecule has 0 aliphatic carbocycles. The molecule has 0 aliphatic rings. The molecule has 0 fully saturated rings. The second-order valence-corrected chi connectivity index (χ2v) is 4.15. The second kappa shape index (κ2) is 5.04. The number of nitrogens with one attached hydrogen (secondary N) is 1. The average Bonchev–Trinajstić information content (AvgIpc) is 2.10. The Labute approximate surface area is 87.5 Å². The van der Waals surface area contributed by atoms with E-state index in [1.165, 1.54) is 29.7 Å². The van der Waals surface area contributed by atoms with Gasteiger partial charge >= 0.3 is 0 Å². The van der Waals surface area contributed by atoms with Gasteiger partial charge in [-0.3, -0.25) is 0 Å². The minimum Gasteiger partial charge on any atom is -0.382 e. The molecule has 1 atom stereocenters. The summed E-state index contributed by atoms with van der Waals surface area (Å²) in [5.74, 6) is 0. The maximum absolute atomic E-state index is 3.54. The van der Waals surface area contributed by atoms with Crippen LogP contribution in [-0.4, -0.2) is 6.04 Å². The fraction of sp³-hybridized carbons (Fsp3) is 0.538. The van der Waals surface area contributed by atoms with Gasteiger partial charge in [-0.2, -0.15) is 0 Å². The highest BCUT2D eigenvalue weighted by Crippen LogP contribution is 2.17. The fourth-order valence-corrected chi connectivity index (χ4v) is 1.75. The van der Waals surface area contributed by atoms with Crippen molar-refractivity contribution in [1.29, 1.82) is 0 Å². The highest BCUT2D eigenvalue weighted by atomic mass is 14.9. The lowest BCUT2D eigenvalue weighted by Gasteiger charge is -2.16. The number of hydrogen-bond acceptors (Lipinski definition) is 1. The van der Waals surface area contributed by atoms with Gasteiger partial charge in [-0.15, -0.1) is 0 Å². The van der Waals surface area contributed by atoms with E-state index in [9.17, 15) is 0 Å². The van der Waals surface area contributed by atoms with Crippen LogP contribution in [0.2, 0.25) is 0 Å². The third-order valence-corrected chi connectivity index (χ3v) is 2.51. The predicted molar refractivity (Wildman–Crippen MR) is 63.9 cm³/mol. The highest BCUT2D eigenvalue weighted by molar-refractivity contribution is 5.52. The molecule has 1 rings (SSSR count). The maximum Gasteiger partial charge on any atom is 0.0372 e. The summed E-state index contributed by atoms with van der Waals surface area (Å²) in [6.07, 6.45) is 2.46. The van der Waals surface area contributed by atoms with Gasteiger partial charge in [-0.1, -0.05) is 31.0 Å². The molecule has 0 radical (unpaired) electrons. The lowest BCUT2D eigenvalue weighted by molar-refractivity contribution is 0.690. The molecule has 1 aromatic carbocycles. The Morgan fingerprint density at radius 2 is 2.00 bits per heavy atom. The number of anilines is 1. The molecule has 0 amide bonds. The summed E-state index contributed by atoms with van der Waals surface area (Å²) in [6, 6.07) is 7.13. The van der Waals surface area contributed by atoms with Crippen LogP contribution in [0.25, 0.3) is 0 Å². The first kappa shape index (κ1) is 11.1. The van der Waals surface area contributed by atoms with E-state index in [0.29, 0.717) is 6.04 Å². The molecule has 1 aromatic rings. The monoisotopic (exact) mass is 191 g/mol. The molecule has 1 unspecified atom stereocenters. The van der Waals surface area contributed by atoms with E-state index in [2.05, 4.69) is 51.2 Å². The number of hydrogen-bond donors (Lipinski definition) is 1. The third kappa shape index (κ3) is 3.06. The molecule has 0 saturated carbocycles. The van der Waals surface area contributed by atoms with Crippen LogP contribution in [0.15, 0.2) is 18.2 Å². The van der Waals surface area contributed by atoms with Gasteiger partial charge in [0.05, 0.1) is 0 Å². The average molecular weight is 191 g/mol. The van der Waals surface area contributed by atoms with Crippen molar-refractivity contribution in [3.63, 3.8) is 0 Å². The van der Waals surface area contributed by atoms with Crippen LogP contribution in [0, 0.1) is 13.8 Å². The molecule has 0 aromatic heterocycles.